The van der Waals surface area contributed by atoms with E-state index in [0.717, 1.165) is 18.0 Å². The van der Waals surface area contributed by atoms with Crippen LogP contribution in [0.25, 0.3) is 0 Å². The third-order valence-electron chi connectivity index (χ3n) is 4.84. The van der Waals surface area contributed by atoms with Gasteiger partial charge in [-0.15, -0.1) is 0 Å². The first-order chi connectivity index (χ1) is 8.72. The lowest BCUT2D eigenvalue weighted by Gasteiger charge is -2.45. The van der Waals surface area contributed by atoms with E-state index in [4.69, 9.17) is 0 Å². The topological polar surface area (TPSA) is 15.3 Å². The van der Waals surface area contributed by atoms with Gasteiger partial charge < -0.3 is 5.32 Å². The van der Waals surface area contributed by atoms with Gasteiger partial charge in [-0.3, -0.25) is 4.90 Å². The maximum atomic E-state index is 3.82. The fourth-order valence-corrected chi connectivity index (χ4v) is 4.39. The molecule has 3 heteroatoms. The van der Waals surface area contributed by atoms with Gasteiger partial charge in [-0.2, -0.15) is 11.8 Å². The summed E-state index contributed by atoms with van der Waals surface area (Å²) in [6.07, 6.45) is 9.51. The molecule has 2 aliphatic rings. The lowest BCUT2D eigenvalue weighted by Crippen LogP contribution is -2.60. The van der Waals surface area contributed by atoms with E-state index in [-0.39, 0.29) is 0 Å². The number of piperazine rings is 1. The molecule has 0 aromatic carbocycles. The normalized spacial score (nSPS) is 33.5. The maximum Gasteiger partial charge on any atom is 0.0224 e. The molecular formula is C15H30N2S. The van der Waals surface area contributed by atoms with Crippen molar-refractivity contribution in [2.45, 2.75) is 64.1 Å². The summed E-state index contributed by atoms with van der Waals surface area (Å²) in [5.41, 5.74) is 0. The highest BCUT2D eigenvalue weighted by Gasteiger charge is 2.32. The SMILES string of the molecule is CSCC(C)N1CC(C2CCCCC2)NCC1C. The summed E-state index contributed by atoms with van der Waals surface area (Å²) in [5, 5.41) is 3.82. The Hall–Kier alpha value is 0.270. The Kier molecular flexibility index (Phi) is 5.84. The molecule has 1 aliphatic carbocycles. The first-order valence-electron chi connectivity index (χ1n) is 7.70. The van der Waals surface area contributed by atoms with Gasteiger partial charge in [-0.1, -0.05) is 19.3 Å². The van der Waals surface area contributed by atoms with Crippen molar-refractivity contribution in [2.75, 3.05) is 25.1 Å². The van der Waals surface area contributed by atoms with Crippen molar-refractivity contribution < 1.29 is 0 Å². The van der Waals surface area contributed by atoms with Crippen LogP contribution in [0.2, 0.25) is 0 Å². The summed E-state index contributed by atoms with van der Waals surface area (Å²) in [6.45, 7) is 7.23. The van der Waals surface area contributed by atoms with Crippen molar-refractivity contribution in [1.29, 1.82) is 0 Å². The molecule has 1 N–H and O–H groups in total. The fraction of sp³-hybridized carbons (Fsp3) is 1.00. The second kappa shape index (κ2) is 7.16. The van der Waals surface area contributed by atoms with Gasteiger partial charge in [0.05, 0.1) is 0 Å². The third kappa shape index (κ3) is 3.64. The van der Waals surface area contributed by atoms with E-state index in [9.17, 15) is 0 Å². The number of thioether (sulfide) groups is 1. The Labute approximate surface area is 117 Å². The minimum Gasteiger partial charge on any atom is -0.311 e. The lowest BCUT2D eigenvalue weighted by atomic mass is 9.82. The van der Waals surface area contributed by atoms with Crippen LogP contribution < -0.4 is 5.32 Å². The summed E-state index contributed by atoms with van der Waals surface area (Å²) in [7, 11) is 0. The third-order valence-corrected chi connectivity index (χ3v) is 5.66. The van der Waals surface area contributed by atoms with E-state index in [0.29, 0.717) is 6.04 Å². The predicted molar refractivity (Wildman–Crippen MR) is 82.4 cm³/mol. The molecular weight excluding hydrogens is 240 g/mol. The zero-order chi connectivity index (χ0) is 13.0. The smallest absolute Gasteiger partial charge is 0.0224 e. The molecule has 0 aromatic rings. The summed E-state index contributed by atoms with van der Waals surface area (Å²) >= 11 is 1.98. The van der Waals surface area contributed by atoms with E-state index in [1.165, 1.54) is 50.9 Å². The Balaban J connectivity index is 1.90. The molecule has 106 valence electrons. The Bertz CT molecular complexity index is 241. The molecule has 0 spiro atoms. The molecule has 1 saturated heterocycles. The monoisotopic (exact) mass is 270 g/mol. The zero-order valence-corrected chi connectivity index (χ0v) is 13.1. The molecule has 0 bridgehead atoms. The van der Waals surface area contributed by atoms with E-state index >= 15 is 0 Å². The molecule has 3 atom stereocenters. The highest BCUT2D eigenvalue weighted by molar-refractivity contribution is 7.98. The average Bonchev–Trinajstić information content (AvgIpc) is 2.40. The van der Waals surface area contributed by atoms with Crippen molar-refractivity contribution >= 4 is 11.8 Å². The van der Waals surface area contributed by atoms with Crippen LogP contribution in [-0.4, -0.2) is 48.1 Å². The number of nitrogens with zero attached hydrogens (tertiary/aromatic N) is 1. The van der Waals surface area contributed by atoms with Crippen LogP contribution in [0.15, 0.2) is 0 Å². The predicted octanol–water partition coefficient (Wildman–Crippen LogP) is 2.98. The van der Waals surface area contributed by atoms with Gasteiger partial charge in [-0.05, 0) is 38.9 Å². The van der Waals surface area contributed by atoms with Crippen LogP contribution in [0.5, 0.6) is 0 Å². The van der Waals surface area contributed by atoms with E-state index in [1.807, 2.05) is 11.8 Å². The molecule has 0 aromatic heterocycles. The largest absolute Gasteiger partial charge is 0.311 e. The average molecular weight is 270 g/mol. The quantitative estimate of drug-likeness (QED) is 0.845. The highest BCUT2D eigenvalue weighted by atomic mass is 32.2. The van der Waals surface area contributed by atoms with Gasteiger partial charge in [0.15, 0.2) is 0 Å². The number of nitrogens with one attached hydrogen (secondary N) is 1. The van der Waals surface area contributed by atoms with Gasteiger partial charge in [0.2, 0.25) is 0 Å². The molecule has 0 radical (unpaired) electrons. The molecule has 18 heavy (non-hydrogen) atoms. The summed E-state index contributed by atoms with van der Waals surface area (Å²) < 4.78 is 0. The maximum absolute atomic E-state index is 3.82. The van der Waals surface area contributed by atoms with Crippen LogP contribution in [-0.2, 0) is 0 Å². The first kappa shape index (κ1) is 14.7. The Morgan fingerprint density at radius 1 is 1.28 bits per heavy atom. The first-order valence-corrected chi connectivity index (χ1v) is 9.09. The number of hydrogen-bond donors (Lipinski definition) is 1. The highest BCUT2D eigenvalue weighted by Crippen LogP contribution is 2.29. The van der Waals surface area contributed by atoms with Crippen LogP contribution in [0.3, 0.4) is 0 Å². The molecule has 0 amide bonds. The lowest BCUT2D eigenvalue weighted by molar-refractivity contribution is 0.0801. The van der Waals surface area contributed by atoms with E-state index < -0.39 is 0 Å². The fourth-order valence-electron chi connectivity index (χ4n) is 3.71. The molecule has 1 aliphatic heterocycles. The Morgan fingerprint density at radius 2 is 2.00 bits per heavy atom. The molecule has 1 saturated carbocycles. The summed E-state index contributed by atoms with van der Waals surface area (Å²) in [6, 6.07) is 2.18. The van der Waals surface area contributed by atoms with E-state index in [2.05, 4.69) is 30.3 Å². The van der Waals surface area contributed by atoms with Crippen molar-refractivity contribution in [3.8, 4) is 0 Å². The van der Waals surface area contributed by atoms with Crippen molar-refractivity contribution in [1.82, 2.24) is 10.2 Å². The van der Waals surface area contributed by atoms with Gasteiger partial charge in [0.1, 0.15) is 0 Å². The van der Waals surface area contributed by atoms with Gasteiger partial charge in [0, 0.05) is 37.0 Å². The van der Waals surface area contributed by atoms with Gasteiger partial charge in [0.25, 0.3) is 0 Å². The number of hydrogen-bond acceptors (Lipinski definition) is 3. The minimum atomic E-state index is 0.701. The molecule has 3 unspecified atom stereocenters. The van der Waals surface area contributed by atoms with Crippen LogP contribution in [0.4, 0.5) is 0 Å². The van der Waals surface area contributed by atoms with Gasteiger partial charge in [-0.25, -0.2) is 0 Å². The standard InChI is InChI=1S/C15H30N2S/c1-12-9-16-15(14-7-5-4-6-8-14)10-17(12)13(2)11-18-3/h12-16H,4-11H2,1-3H3. The van der Waals surface area contributed by atoms with Crippen LogP contribution in [0.1, 0.15) is 46.0 Å². The van der Waals surface area contributed by atoms with Crippen molar-refractivity contribution in [2.24, 2.45) is 5.92 Å². The molecule has 2 nitrogen and oxygen atoms in total. The zero-order valence-electron chi connectivity index (χ0n) is 12.3. The molecule has 1 heterocycles. The Morgan fingerprint density at radius 3 is 2.67 bits per heavy atom. The molecule has 2 fully saturated rings. The minimum absolute atomic E-state index is 0.701. The van der Waals surface area contributed by atoms with Crippen LogP contribution in [0, 0.1) is 5.92 Å². The van der Waals surface area contributed by atoms with Gasteiger partial charge >= 0.3 is 0 Å². The van der Waals surface area contributed by atoms with E-state index in [1.54, 1.807) is 0 Å². The molecule has 2 rings (SSSR count). The summed E-state index contributed by atoms with van der Waals surface area (Å²) in [4.78, 5) is 2.74. The van der Waals surface area contributed by atoms with Crippen molar-refractivity contribution in [3.63, 3.8) is 0 Å². The second-order valence-electron chi connectivity index (χ2n) is 6.26. The summed E-state index contributed by atoms with van der Waals surface area (Å²) in [5.74, 6) is 2.21. The van der Waals surface area contributed by atoms with Crippen LogP contribution >= 0.6 is 11.8 Å². The van der Waals surface area contributed by atoms with Crippen molar-refractivity contribution in [3.05, 3.63) is 0 Å². The second-order valence-corrected chi connectivity index (χ2v) is 7.17. The number of rotatable bonds is 4.